The van der Waals surface area contributed by atoms with Crippen molar-refractivity contribution < 1.29 is 19.3 Å². The van der Waals surface area contributed by atoms with Crippen LogP contribution in [0.15, 0.2) is 0 Å². The maximum absolute atomic E-state index is 9.22. The number of aliphatic hydroxyl groups is 1. The third-order valence-corrected chi connectivity index (χ3v) is 2.11. The summed E-state index contributed by atoms with van der Waals surface area (Å²) in [5.41, 5.74) is 0. The molecule has 0 saturated heterocycles. The highest BCUT2D eigenvalue weighted by molar-refractivity contribution is 4.50. The van der Waals surface area contributed by atoms with Crippen molar-refractivity contribution in [3.8, 4) is 0 Å². The van der Waals surface area contributed by atoms with Crippen molar-refractivity contribution in [2.75, 3.05) is 13.2 Å². The molecule has 1 atom stereocenters. The zero-order valence-corrected chi connectivity index (χ0v) is 11.0. The van der Waals surface area contributed by atoms with Gasteiger partial charge in [-0.25, -0.2) is 0 Å². The van der Waals surface area contributed by atoms with Crippen molar-refractivity contribution in [1.29, 1.82) is 0 Å². The molecule has 0 fully saturated rings. The fraction of sp³-hybridized carbons (Fsp3) is 1.00. The van der Waals surface area contributed by atoms with Crippen LogP contribution in [0, 0.1) is 0 Å². The molecule has 0 radical (unpaired) electrons. The molecule has 0 rings (SSSR count). The molecule has 0 aromatic rings. The molecule has 4 nitrogen and oxygen atoms in total. The SMILES string of the molecule is CCCCOC(C)(OCCCC)OC(C)O. The summed E-state index contributed by atoms with van der Waals surface area (Å²) in [6.45, 7) is 8.58. The van der Waals surface area contributed by atoms with Gasteiger partial charge in [0, 0.05) is 6.92 Å². The third kappa shape index (κ3) is 8.05. The molecule has 0 amide bonds. The second kappa shape index (κ2) is 8.93. The first kappa shape index (κ1) is 15.8. The number of ether oxygens (including phenoxy) is 3. The second-order valence-electron chi connectivity index (χ2n) is 3.98. The van der Waals surface area contributed by atoms with Gasteiger partial charge < -0.3 is 14.6 Å². The highest BCUT2D eigenvalue weighted by atomic mass is 16.9. The lowest BCUT2D eigenvalue weighted by molar-refractivity contribution is -0.403. The van der Waals surface area contributed by atoms with Crippen LogP contribution in [-0.2, 0) is 14.2 Å². The van der Waals surface area contributed by atoms with Gasteiger partial charge in [-0.2, -0.15) is 0 Å². The van der Waals surface area contributed by atoms with Crippen LogP contribution in [0.4, 0.5) is 0 Å². The fourth-order valence-electron chi connectivity index (χ4n) is 1.22. The first-order valence-electron chi connectivity index (χ1n) is 6.18. The topological polar surface area (TPSA) is 47.9 Å². The number of rotatable bonds is 10. The monoisotopic (exact) mass is 234 g/mol. The smallest absolute Gasteiger partial charge is 0.282 e. The van der Waals surface area contributed by atoms with E-state index >= 15 is 0 Å². The average molecular weight is 234 g/mol. The Morgan fingerprint density at radius 1 is 1.06 bits per heavy atom. The van der Waals surface area contributed by atoms with Gasteiger partial charge in [-0.3, -0.25) is 4.74 Å². The molecule has 1 N–H and O–H groups in total. The Kier molecular flexibility index (Phi) is 8.84. The third-order valence-electron chi connectivity index (χ3n) is 2.11. The normalized spacial score (nSPS) is 14.1. The Morgan fingerprint density at radius 2 is 1.50 bits per heavy atom. The predicted molar refractivity (Wildman–Crippen MR) is 62.9 cm³/mol. The van der Waals surface area contributed by atoms with Crippen LogP contribution in [0.25, 0.3) is 0 Å². The minimum absolute atomic E-state index is 0.575. The van der Waals surface area contributed by atoms with Gasteiger partial charge in [-0.15, -0.1) is 0 Å². The Morgan fingerprint density at radius 3 is 1.81 bits per heavy atom. The van der Waals surface area contributed by atoms with Gasteiger partial charge in [0.2, 0.25) is 0 Å². The minimum atomic E-state index is -1.13. The molecule has 98 valence electrons. The molecule has 0 bridgehead atoms. The van der Waals surface area contributed by atoms with Crippen LogP contribution < -0.4 is 0 Å². The summed E-state index contributed by atoms with van der Waals surface area (Å²) in [7, 11) is 0. The molecule has 4 heteroatoms. The van der Waals surface area contributed by atoms with Gasteiger partial charge in [0.15, 0.2) is 6.29 Å². The number of hydrogen-bond acceptors (Lipinski definition) is 4. The first-order valence-corrected chi connectivity index (χ1v) is 6.18. The lowest BCUT2D eigenvalue weighted by atomic mass is 10.3. The van der Waals surface area contributed by atoms with E-state index in [2.05, 4.69) is 13.8 Å². The van der Waals surface area contributed by atoms with E-state index in [4.69, 9.17) is 14.2 Å². The lowest BCUT2D eigenvalue weighted by Crippen LogP contribution is -2.39. The Bertz CT molecular complexity index is 149. The van der Waals surface area contributed by atoms with Gasteiger partial charge in [-0.05, 0) is 19.8 Å². The van der Waals surface area contributed by atoms with Crippen LogP contribution in [0.5, 0.6) is 0 Å². The van der Waals surface area contributed by atoms with Crippen molar-refractivity contribution in [2.24, 2.45) is 0 Å². The average Bonchev–Trinajstić information content (AvgIpc) is 2.17. The minimum Gasteiger partial charge on any atom is -0.368 e. The van der Waals surface area contributed by atoms with Crippen LogP contribution >= 0.6 is 0 Å². The lowest BCUT2D eigenvalue weighted by Gasteiger charge is -2.30. The molecule has 0 aliphatic rings. The van der Waals surface area contributed by atoms with Crippen molar-refractivity contribution in [2.45, 2.75) is 65.6 Å². The summed E-state index contributed by atoms with van der Waals surface area (Å²) < 4.78 is 16.3. The van der Waals surface area contributed by atoms with E-state index in [1.165, 1.54) is 0 Å². The van der Waals surface area contributed by atoms with Crippen LogP contribution in [0.2, 0.25) is 0 Å². The number of aliphatic hydroxyl groups excluding tert-OH is 1. The van der Waals surface area contributed by atoms with Gasteiger partial charge in [0.25, 0.3) is 5.97 Å². The molecule has 0 heterocycles. The summed E-state index contributed by atoms with van der Waals surface area (Å²) in [4.78, 5) is 0. The van der Waals surface area contributed by atoms with Gasteiger partial charge in [-0.1, -0.05) is 26.7 Å². The second-order valence-corrected chi connectivity index (χ2v) is 3.98. The van der Waals surface area contributed by atoms with E-state index < -0.39 is 12.3 Å². The van der Waals surface area contributed by atoms with Crippen molar-refractivity contribution >= 4 is 0 Å². The zero-order chi connectivity index (χ0) is 12.4. The Labute approximate surface area is 98.9 Å². The number of hydrogen-bond donors (Lipinski definition) is 1. The molecular formula is C12H26O4. The molecule has 1 unspecified atom stereocenters. The highest BCUT2D eigenvalue weighted by Crippen LogP contribution is 2.17. The molecule has 0 aromatic carbocycles. The van der Waals surface area contributed by atoms with E-state index in [9.17, 15) is 5.11 Å². The van der Waals surface area contributed by atoms with Crippen molar-refractivity contribution in [3.05, 3.63) is 0 Å². The van der Waals surface area contributed by atoms with Crippen LogP contribution in [0.3, 0.4) is 0 Å². The summed E-state index contributed by atoms with van der Waals surface area (Å²) in [6, 6.07) is 0. The Balaban J connectivity index is 4.02. The predicted octanol–water partition coefficient (Wildman–Crippen LogP) is 2.65. The van der Waals surface area contributed by atoms with Crippen LogP contribution in [0.1, 0.15) is 53.4 Å². The molecule has 0 saturated carbocycles. The van der Waals surface area contributed by atoms with E-state index in [0.29, 0.717) is 13.2 Å². The maximum Gasteiger partial charge on any atom is 0.282 e. The molecule has 16 heavy (non-hydrogen) atoms. The number of unbranched alkanes of at least 4 members (excludes halogenated alkanes) is 2. The van der Waals surface area contributed by atoms with Gasteiger partial charge >= 0.3 is 0 Å². The fourth-order valence-corrected chi connectivity index (χ4v) is 1.22. The van der Waals surface area contributed by atoms with Crippen molar-refractivity contribution in [1.82, 2.24) is 0 Å². The molecule has 0 aliphatic heterocycles. The molecule has 0 aliphatic carbocycles. The largest absolute Gasteiger partial charge is 0.368 e. The van der Waals surface area contributed by atoms with E-state index in [0.717, 1.165) is 25.7 Å². The van der Waals surface area contributed by atoms with Crippen molar-refractivity contribution in [3.63, 3.8) is 0 Å². The maximum atomic E-state index is 9.22. The molecule has 0 aromatic heterocycles. The highest BCUT2D eigenvalue weighted by Gasteiger charge is 2.28. The summed E-state index contributed by atoms with van der Waals surface area (Å²) in [6.07, 6.45) is 3.12. The summed E-state index contributed by atoms with van der Waals surface area (Å²) in [5, 5.41) is 9.22. The van der Waals surface area contributed by atoms with Gasteiger partial charge in [0.05, 0.1) is 13.2 Å². The van der Waals surface area contributed by atoms with Crippen LogP contribution in [-0.4, -0.2) is 30.6 Å². The van der Waals surface area contributed by atoms with E-state index in [1.807, 2.05) is 0 Å². The summed E-state index contributed by atoms with van der Waals surface area (Å²) >= 11 is 0. The standard InChI is InChI=1S/C12H26O4/c1-5-7-9-14-12(4,16-11(3)13)15-10-8-6-2/h11,13H,5-10H2,1-4H3. The first-order chi connectivity index (χ1) is 7.54. The van der Waals surface area contributed by atoms with E-state index in [1.54, 1.807) is 13.8 Å². The zero-order valence-electron chi connectivity index (χ0n) is 11.0. The van der Waals surface area contributed by atoms with Gasteiger partial charge in [0.1, 0.15) is 0 Å². The molecule has 0 spiro atoms. The van der Waals surface area contributed by atoms with E-state index in [-0.39, 0.29) is 0 Å². The quantitative estimate of drug-likeness (QED) is 0.466. The summed E-state index contributed by atoms with van der Waals surface area (Å²) in [5.74, 6) is -1.13. The Hall–Kier alpha value is -0.160. The molecular weight excluding hydrogens is 208 g/mol.